The summed E-state index contributed by atoms with van der Waals surface area (Å²) in [5.74, 6) is 1.15. The molecule has 5 rings (SSSR count). The SMILES string of the molecule is Cc1ccccc1-n1c(CSc2ncnc3ncn(C)c23)nc2cccc(C)c2c1=O. The molecule has 0 saturated carbocycles. The summed E-state index contributed by atoms with van der Waals surface area (Å²) in [5, 5.41) is 1.45. The van der Waals surface area contributed by atoms with Crippen LogP contribution in [0.2, 0.25) is 0 Å². The van der Waals surface area contributed by atoms with Crippen LogP contribution in [0.1, 0.15) is 17.0 Å². The third-order valence-corrected chi connectivity index (χ3v) is 6.32. The van der Waals surface area contributed by atoms with E-state index in [4.69, 9.17) is 4.98 Å². The first-order chi connectivity index (χ1) is 15.0. The van der Waals surface area contributed by atoms with E-state index in [2.05, 4.69) is 15.0 Å². The van der Waals surface area contributed by atoms with Crippen molar-refractivity contribution in [3.8, 4) is 5.69 Å². The van der Waals surface area contributed by atoms with Crippen LogP contribution in [0.5, 0.6) is 0 Å². The molecule has 0 radical (unpaired) electrons. The minimum atomic E-state index is -0.0543. The highest BCUT2D eigenvalue weighted by atomic mass is 32.2. The Labute approximate surface area is 182 Å². The molecule has 8 heteroatoms. The van der Waals surface area contributed by atoms with Gasteiger partial charge < -0.3 is 4.57 Å². The van der Waals surface area contributed by atoms with Gasteiger partial charge >= 0.3 is 0 Å². The molecule has 0 spiro atoms. The Bertz CT molecular complexity index is 1500. The molecule has 0 aliphatic carbocycles. The van der Waals surface area contributed by atoms with Crippen LogP contribution in [0, 0.1) is 13.8 Å². The van der Waals surface area contributed by atoms with Crippen LogP contribution in [0.15, 0.2) is 64.9 Å². The zero-order valence-electron chi connectivity index (χ0n) is 17.4. The van der Waals surface area contributed by atoms with Gasteiger partial charge in [-0.05, 0) is 37.1 Å². The highest BCUT2D eigenvalue weighted by Crippen LogP contribution is 2.28. The molecular formula is C23H20N6OS. The Morgan fingerprint density at radius 1 is 0.968 bits per heavy atom. The average Bonchev–Trinajstić information content (AvgIpc) is 3.15. The lowest BCUT2D eigenvalue weighted by molar-refractivity contribution is 0.874. The molecular weight excluding hydrogens is 408 g/mol. The summed E-state index contributed by atoms with van der Waals surface area (Å²) in [5.41, 5.74) is 4.95. The number of fused-ring (bicyclic) bond motifs is 2. The number of rotatable bonds is 4. The highest BCUT2D eigenvalue weighted by molar-refractivity contribution is 7.98. The molecule has 0 aliphatic heterocycles. The summed E-state index contributed by atoms with van der Waals surface area (Å²) in [6.07, 6.45) is 3.24. The van der Waals surface area contributed by atoms with Gasteiger partial charge in [-0.1, -0.05) is 42.1 Å². The number of aryl methyl sites for hydroxylation is 3. The van der Waals surface area contributed by atoms with E-state index in [0.717, 1.165) is 27.4 Å². The van der Waals surface area contributed by atoms with Crippen molar-refractivity contribution in [3.05, 3.63) is 82.4 Å². The summed E-state index contributed by atoms with van der Waals surface area (Å²) in [7, 11) is 1.92. The molecule has 0 fully saturated rings. The minimum absolute atomic E-state index is 0.0543. The van der Waals surface area contributed by atoms with Crippen molar-refractivity contribution in [2.24, 2.45) is 7.05 Å². The van der Waals surface area contributed by atoms with Gasteiger partial charge in [-0.25, -0.2) is 19.9 Å². The molecule has 0 bridgehead atoms. The van der Waals surface area contributed by atoms with Crippen LogP contribution in [0.25, 0.3) is 27.8 Å². The standard InChI is InChI=1S/C23H20N6OS/c1-14-7-4-5-10-17(14)29-18(27-16-9-6-8-15(2)19(16)23(29)30)11-31-22-20-21(24-12-25-22)26-13-28(20)3/h4-10,12-13H,11H2,1-3H3. The van der Waals surface area contributed by atoms with Gasteiger partial charge in [-0.2, -0.15) is 0 Å². The number of benzene rings is 2. The van der Waals surface area contributed by atoms with Gasteiger partial charge in [-0.15, -0.1) is 0 Å². The first-order valence-electron chi connectivity index (χ1n) is 9.86. The quantitative estimate of drug-likeness (QED) is 0.318. The van der Waals surface area contributed by atoms with E-state index in [9.17, 15) is 4.79 Å². The predicted molar refractivity (Wildman–Crippen MR) is 123 cm³/mol. The lowest BCUT2D eigenvalue weighted by Gasteiger charge is -2.16. The van der Waals surface area contributed by atoms with Crippen LogP contribution in [0.4, 0.5) is 0 Å². The van der Waals surface area contributed by atoms with Crippen LogP contribution in [-0.2, 0) is 12.8 Å². The number of nitrogens with zero attached hydrogens (tertiary/aromatic N) is 6. The monoisotopic (exact) mass is 428 g/mol. The summed E-state index contributed by atoms with van der Waals surface area (Å²) in [6, 6.07) is 13.6. The molecule has 0 N–H and O–H groups in total. The van der Waals surface area contributed by atoms with Crippen molar-refractivity contribution >= 4 is 33.8 Å². The molecule has 0 aliphatic rings. The number of thioether (sulfide) groups is 1. The molecule has 0 amide bonds. The molecule has 3 aromatic heterocycles. The van der Waals surface area contributed by atoms with E-state index in [1.807, 2.05) is 67.9 Å². The maximum Gasteiger partial charge on any atom is 0.266 e. The van der Waals surface area contributed by atoms with Crippen molar-refractivity contribution in [2.75, 3.05) is 0 Å². The molecule has 3 heterocycles. The summed E-state index contributed by atoms with van der Waals surface area (Å²) < 4.78 is 3.64. The molecule has 5 aromatic rings. The van der Waals surface area contributed by atoms with E-state index < -0.39 is 0 Å². The first kappa shape index (κ1) is 19.4. The maximum atomic E-state index is 13.6. The zero-order valence-corrected chi connectivity index (χ0v) is 18.2. The number of imidazole rings is 1. The Kier molecular flexibility index (Phi) is 4.78. The molecule has 0 saturated heterocycles. The van der Waals surface area contributed by atoms with Crippen molar-refractivity contribution in [3.63, 3.8) is 0 Å². The Hall–Kier alpha value is -3.52. The van der Waals surface area contributed by atoms with Crippen molar-refractivity contribution in [1.29, 1.82) is 0 Å². The molecule has 0 atom stereocenters. The van der Waals surface area contributed by atoms with E-state index in [1.54, 1.807) is 10.9 Å². The smallest absolute Gasteiger partial charge is 0.266 e. The predicted octanol–water partition coefficient (Wildman–Crippen LogP) is 3.97. The summed E-state index contributed by atoms with van der Waals surface area (Å²) >= 11 is 1.52. The van der Waals surface area contributed by atoms with Crippen molar-refractivity contribution in [1.82, 2.24) is 29.1 Å². The highest BCUT2D eigenvalue weighted by Gasteiger charge is 2.17. The van der Waals surface area contributed by atoms with Crippen LogP contribution >= 0.6 is 11.8 Å². The second-order valence-corrected chi connectivity index (χ2v) is 8.38. The average molecular weight is 429 g/mol. The lowest BCUT2D eigenvalue weighted by Crippen LogP contribution is -2.25. The van der Waals surface area contributed by atoms with Crippen molar-refractivity contribution < 1.29 is 0 Å². The first-order valence-corrected chi connectivity index (χ1v) is 10.8. The van der Waals surface area contributed by atoms with Gasteiger partial charge in [0.15, 0.2) is 5.65 Å². The van der Waals surface area contributed by atoms with Gasteiger partial charge in [0.05, 0.1) is 28.7 Å². The fraction of sp³-hybridized carbons (Fsp3) is 0.174. The van der Waals surface area contributed by atoms with Gasteiger partial charge in [0.25, 0.3) is 5.56 Å². The normalized spacial score (nSPS) is 11.5. The topological polar surface area (TPSA) is 78.5 Å². The van der Waals surface area contributed by atoms with E-state index >= 15 is 0 Å². The largest absolute Gasteiger partial charge is 0.330 e. The number of hydrogen-bond donors (Lipinski definition) is 0. The second-order valence-electron chi connectivity index (χ2n) is 7.42. The van der Waals surface area contributed by atoms with Crippen LogP contribution in [-0.4, -0.2) is 29.1 Å². The fourth-order valence-electron chi connectivity index (χ4n) is 3.80. The number of hydrogen-bond acceptors (Lipinski definition) is 6. The van der Waals surface area contributed by atoms with Gasteiger partial charge in [0.2, 0.25) is 0 Å². The Balaban J connectivity index is 1.69. The van der Waals surface area contributed by atoms with Crippen LogP contribution < -0.4 is 5.56 Å². The van der Waals surface area contributed by atoms with Crippen molar-refractivity contribution in [2.45, 2.75) is 24.6 Å². The van der Waals surface area contributed by atoms with Crippen LogP contribution in [0.3, 0.4) is 0 Å². The number of aromatic nitrogens is 6. The summed E-state index contributed by atoms with van der Waals surface area (Å²) in [6.45, 7) is 3.95. The molecule has 7 nitrogen and oxygen atoms in total. The summed E-state index contributed by atoms with van der Waals surface area (Å²) in [4.78, 5) is 31.5. The van der Waals surface area contributed by atoms with E-state index in [1.165, 1.54) is 18.1 Å². The fourth-order valence-corrected chi connectivity index (χ4v) is 4.75. The number of para-hydroxylation sites is 1. The molecule has 154 valence electrons. The lowest BCUT2D eigenvalue weighted by atomic mass is 10.1. The van der Waals surface area contributed by atoms with Gasteiger partial charge in [-0.3, -0.25) is 9.36 Å². The third kappa shape index (κ3) is 3.29. The zero-order chi connectivity index (χ0) is 21.5. The molecule has 31 heavy (non-hydrogen) atoms. The molecule has 0 unspecified atom stereocenters. The minimum Gasteiger partial charge on any atom is -0.330 e. The Morgan fingerprint density at radius 3 is 2.61 bits per heavy atom. The van der Waals surface area contributed by atoms with E-state index in [0.29, 0.717) is 28.1 Å². The second kappa shape index (κ2) is 7.63. The van der Waals surface area contributed by atoms with Gasteiger partial charge in [0.1, 0.15) is 22.7 Å². The van der Waals surface area contributed by atoms with Gasteiger partial charge in [0, 0.05) is 7.05 Å². The molecule has 2 aromatic carbocycles. The Morgan fingerprint density at radius 2 is 1.77 bits per heavy atom. The van der Waals surface area contributed by atoms with E-state index in [-0.39, 0.29) is 5.56 Å². The third-order valence-electron chi connectivity index (χ3n) is 5.35. The maximum absolute atomic E-state index is 13.6.